The molecule has 2 heterocycles. The maximum absolute atomic E-state index is 2.77. The van der Waals surface area contributed by atoms with Gasteiger partial charge in [-0.3, -0.25) is 4.90 Å². The van der Waals surface area contributed by atoms with Crippen LogP contribution in [-0.4, -0.2) is 49.1 Å². The van der Waals surface area contributed by atoms with Crippen molar-refractivity contribution in [3.05, 3.63) is 0 Å². The third-order valence-corrected chi connectivity index (χ3v) is 4.21. The summed E-state index contributed by atoms with van der Waals surface area (Å²) in [7, 11) is 2.25. The van der Waals surface area contributed by atoms with Crippen LogP contribution in [0.3, 0.4) is 0 Å². The number of hydrogen-bond donors (Lipinski definition) is 0. The second-order valence-corrected chi connectivity index (χ2v) is 5.24. The summed E-state index contributed by atoms with van der Waals surface area (Å²) in [6, 6.07) is 0.934. The second-order valence-electron chi connectivity index (χ2n) is 5.24. The molecule has 3 rings (SSSR count). The molecule has 2 atom stereocenters. The SMILES string of the molecule is CN1CCC(N2CC3CC3C2)CC1. The largest absolute Gasteiger partial charge is 0.306 e. The molecule has 2 heteroatoms. The van der Waals surface area contributed by atoms with E-state index in [-0.39, 0.29) is 0 Å². The fourth-order valence-corrected chi connectivity index (χ4v) is 3.09. The summed E-state index contributed by atoms with van der Waals surface area (Å²) in [6.07, 6.45) is 4.37. The Labute approximate surface area is 80.9 Å². The molecule has 0 amide bonds. The van der Waals surface area contributed by atoms with Gasteiger partial charge in [-0.25, -0.2) is 0 Å². The molecule has 0 aromatic heterocycles. The smallest absolute Gasteiger partial charge is 0.0120 e. The molecule has 2 saturated heterocycles. The first-order valence-electron chi connectivity index (χ1n) is 5.75. The van der Waals surface area contributed by atoms with Crippen molar-refractivity contribution in [2.75, 3.05) is 33.2 Å². The van der Waals surface area contributed by atoms with Crippen LogP contribution >= 0.6 is 0 Å². The Kier molecular flexibility index (Phi) is 1.88. The highest BCUT2D eigenvalue weighted by atomic mass is 15.2. The van der Waals surface area contributed by atoms with E-state index in [9.17, 15) is 0 Å². The Morgan fingerprint density at radius 1 is 1.00 bits per heavy atom. The van der Waals surface area contributed by atoms with E-state index in [1.807, 2.05) is 0 Å². The highest BCUT2D eigenvalue weighted by Crippen LogP contribution is 2.46. The zero-order valence-electron chi connectivity index (χ0n) is 8.58. The average molecular weight is 180 g/mol. The topological polar surface area (TPSA) is 6.48 Å². The number of nitrogens with zero attached hydrogens (tertiary/aromatic N) is 2. The zero-order chi connectivity index (χ0) is 8.84. The van der Waals surface area contributed by atoms with Gasteiger partial charge in [0.25, 0.3) is 0 Å². The van der Waals surface area contributed by atoms with Crippen LogP contribution in [-0.2, 0) is 0 Å². The summed E-state index contributed by atoms with van der Waals surface area (Å²) in [4.78, 5) is 5.24. The Hall–Kier alpha value is -0.0800. The molecule has 0 aromatic rings. The third-order valence-electron chi connectivity index (χ3n) is 4.21. The summed E-state index contributed by atoms with van der Waals surface area (Å²) < 4.78 is 0. The minimum atomic E-state index is 0.934. The van der Waals surface area contributed by atoms with Crippen molar-refractivity contribution >= 4 is 0 Å². The van der Waals surface area contributed by atoms with Crippen LogP contribution in [0.25, 0.3) is 0 Å². The van der Waals surface area contributed by atoms with Gasteiger partial charge in [0, 0.05) is 19.1 Å². The molecule has 0 spiro atoms. The van der Waals surface area contributed by atoms with Crippen LogP contribution in [0.2, 0.25) is 0 Å². The quantitative estimate of drug-likeness (QED) is 0.595. The molecule has 0 radical (unpaired) electrons. The molecule has 1 aliphatic carbocycles. The molecule has 74 valence electrons. The van der Waals surface area contributed by atoms with Crippen molar-refractivity contribution in [1.29, 1.82) is 0 Å². The highest BCUT2D eigenvalue weighted by Gasteiger charge is 2.46. The number of rotatable bonds is 1. The van der Waals surface area contributed by atoms with E-state index in [1.165, 1.54) is 39.0 Å². The minimum absolute atomic E-state index is 0.934. The Balaban J connectivity index is 1.54. The average Bonchev–Trinajstić information content (AvgIpc) is 2.75. The number of hydrogen-bond acceptors (Lipinski definition) is 2. The lowest BCUT2D eigenvalue weighted by Crippen LogP contribution is -2.43. The zero-order valence-corrected chi connectivity index (χ0v) is 8.58. The van der Waals surface area contributed by atoms with E-state index in [4.69, 9.17) is 0 Å². The monoisotopic (exact) mass is 180 g/mol. The van der Waals surface area contributed by atoms with Crippen molar-refractivity contribution in [1.82, 2.24) is 9.80 Å². The molecule has 0 aromatic carbocycles. The van der Waals surface area contributed by atoms with Gasteiger partial charge in [-0.2, -0.15) is 0 Å². The fourth-order valence-electron chi connectivity index (χ4n) is 3.09. The van der Waals surface area contributed by atoms with Crippen molar-refractivity contribution < 1.29 is 0 Å². The molecule has 2 nitrogen and oxygen atoms in total. The van der Waals surface area contributed by atoms with E-state index in [2.05, 4.69) is 16.8 Å². The van der Waals surface area contributed by atoms with Crippen molar-refractivity contribution in [2.45, 2.75) is 25.3 Å². The van der Waals surface area contributed by atoms with E-state index in [0.29, 0.717) is 0 Å². The Morgan fingerprint density at radius 2 is 1.62 bits per heavy atom. The van der Waals surface area contributed by atoms with Gasteiger partial charge in [-0.15, -0.1) is 0 Å². The van der Waals surface area contributed by atoms with Gasteiger partial charge in [-0.05, 0) is 51.2 Å². The van der Waals surface area contributed by atoms with E-state index in [1.54, 1.807) is 6.42 Å². The van der Waals surface area contributed by atoms with Gasteiger partial charge >= 0.3 is 0 Å². The molecule has 0 bridgehead atoms. The number of likely N-dealkylation sites (tertiary alicyclic amines) is 2. The molecular formula is C11H20N2. The number of fused-ring (bicyclic) bond motifs is 1. The van der Waals surface area contributed by atoms with Crippen molar-refractivity contribution in [3.63, 3.8) is 0 Å². The van der Waals surface area contributed by atoms with Crippen LogP contribution in [0.1, 0.15) is 19.3 Å². The van der Waals surface area contributed by atoms with Crippen LogP contribution in [0.5, 0.6) is 0 Å². The van der Waals surface area contributed by atoms with E-state index in [0.717, 1.165) is 17.9 Å². The molecule has 3 aliphatic rings. The van der Waals surface area contributed by atoms with Crippen molar-refractivity contribution in [2.24, 2.45) is 11.8 Å². The first kappa shape index (κ1) is 8.25. The molecule has 2 unspecified atom stereocenters. The predicted octanol–water partition coefficient (Wildman–Crippen LogP) is 1.03. The summed E-state index contributed by atoms with van der Waals surface area (Å²) in [6.45, 7) is 5.49. The maximum atomic E-state index is 2.77. The van der Waals surface area contributed by atoms with Crippen LogP contribution in [0, 0.1) is 11.8 Å². The van der Waals surface area contributed by atoms with Crippen molar-refractivity contribution in [3.8, 4) is 0 Å². The Morgan fingerprint density at radius 3 is 2.23 bits per heavy atom. The van der Waals surface area contributed by atoms with Gasteiger partial charge in [0.15, 0.2) is 0 Å². The van der Waals surface area contributed by atoms with E-state index < -0.39 is 0 Å². The maximum Gasteiger partial charge on any atom is 0.0120 e. The molecule has 3 fully saturated rings. The Bertz CT molecular complexity index is 186. The van der Waals surface area contributed by atoms with E-state index >= 15 is 0 Å². The van der Waals surface area contributed by atoms with Gasteiger partial charge < -0.3 is 4.90 Å². The third kappa shape index (κ3) is 1.50. The first-order valence-corrected chi connectivity index (χ1v) is 5.75. The lowest BCUT2D eigenvalue weighted by molar-refractivity contribution is 0.133. The van der Waals surface area contributed by atoms with Crippen LogP contribution in [0.4, 0.5) is 0 Å². The number of piperidine rings is 2. The van der Waals surface area contributed by atoms with Crippen LogP contribution in [0.15, 0.2) is 0 Å². The fraction of sp³-hybridized carbons (Fsp3) is 1.00. The summed E-state index contributed by atoms with van der Waals surface area (Å²) in [5, 5.41) is 0. The van der Waals surface area contributed by atoms with Gasteiger partial charge in [0.2, 0.25) is 0 Å². The molecule has 0 N–H and O–H groups in total. The van der Waals surface area contributed by atoms with Gasteiger partial charge in [0.1, 0.15) is 0 Å². The highest BCUT2D eigenvalue weighted by molar-refractivity contribution is 4.99. The second kappa shape index (κ2) is 2.96. The first-order chi connectivity index (χ1) is 6.33. The predicted molar refractivity (Wildman–Crippen MR) is 53.7 cm³/mol. The summed E-state index contributed by atoms with van der Waals surface area (Å²) in [5.41, 5.74) is 0. The lowest BCUT2D eigenvalue weighted by Gasteiger charge is -2.35. The van der Waals surface area contributed by atoms with Gasteiger partial charge in [0.05, 0.1) is 0 Å². The standard InChI is InChI=1S/C11H20N2/c1-12-4-2-11(3-5-12)13-7-9-6-10(9)8-13/h9-11H,2-8H2,1H3. The summed E-state index contributed by atoms with van der Waals surface area (Å²) in [5.74, 6) is 2.22. The molecule has 1 saturated carbocycles. The minimum Gasteiger partial charge on any atom is -0.306 e. The van der Waals surface area contributed by atoms with Crippen LogP contribution < -0.4 is 0 Å². The van der Waals surface area contributed by atoms with Gasteiger partial charge in [-0.1, -0.05) is 0 Å². The molecule has 2 aliphatic heterocycles. The normalized spacial score (nSPS) is 42.2. The summed E-state index contributed by atoms with van der Waals surface area (Å²) >= 11 is 0. The molecular weight excluding hydrogens is 160 g/mol. The molecule has 13 heavy (non-hydrogen) atoms. The lowest BCUT2D eigenvalue weighted by atomic mass is 10.0.